The Morgan fingerprint density at radius 1 is 0.885 bits per heavy atom. The highest BCUT2D eigenvalue weighted by Gasteiger charge is 2.33. The van der Waals surface area contributed by atoms with Gasteiger partial charge < -0.3 is 15.0 Å². The van der Waals surface area contributed by atoms with E-state index < -0.39 is 15.7 Å². The Hall–Kier alpha value is -6.55. The van der Waals surface area contributed by atoms with Gasteiger partial charge in [0.25, 0.3) is 11.8 Å². The number of H-pyrrole nitrogens is 1. The van der Waals surface area contributed by atoms with Crippen molar-refractivity contribution in [3.8, 4) is 28.1 Å². The molecule has 15 heteroatoms. The van der Waals surface area contributed by atoms with E-state index in [4.69, 9.17) is 9.72 Å². The third-order valence-corrected chi connectivity index (χ3v) is 13.2. The first-order chi connectivity index (χ1) is 29.5. The Morgan fingerprint density at radius 2 is 1.57 bits per heavy atom. The van der Waals surface area contributed by atoms with Gasteiger partial charge in [0.15, 0.2) is 0 Å². The van der Waals surface area contributed by atoms with E-state index in [9.17, 15) is 22.8 Å². The molecule has 61 heavy (non-hydrogen) atoms. The van der Waals surface area contributed by atoms with Crippen LogP contribution < -0.4 is 30.7 Å². The summed E-state index contributed by atoms with van der Waals surface area (Å²) in [6, 6.07) is 32.4. The third kappa shape index (κ3) is 8.99. The van der Waals surface area contributed by atoms with Gasteiger partial charge in [-0.05, 0) is 84.6 Å². The van der Waals surface area contributed by atoms with Gasteiger partial charge in [-0.2, -0.15) is 0 Å². The van der Waals surface area contributed by atoms with Gasteiger partial charge >= 0.3 is 6.03 Å². The third-order valence-electron chi connectivity index (χ3n) is 11.5. The molecular formula is C46H48N8O6S. The number of carbonyl (C=O) groups is 3. The summed E-state index contributed by atoms with van der Waals surface area (Å²) in [6.45, 7) is 2.68. The Kier molecular flexibility index (Phi) is 11.9. The number of hydrazine groups is 1. The second-order valence-electron chi connectivity index (χ2n) is 15.5. The zero-order valence-corrected chi connectivity index (χ0v) is 35.1. The summed E-state index contributed by atoms with van der Waals surface area (Å²) in [5.74, 6) is -0.0824. The highest BCUT2D eigenvalue weighted by molar-refractivity contribution is 7.91. The van der Waals surface area contributed by atoms with E-state index >= 15 is 0 Å². The van der Waals surface area contributed by atoms with E-state index in [-0.39, 0.29) is 30.3 Å². The van der Waals surface area contributed by atoms with E-state index in [0.717, 1.165) is 69.8 Å². The second kappa shape index (κ2) is 17.6. The molecule has 0 unspecified atom stereocenters. The van der Waals surface area contributed by atoms with Crippen molar-refractivity contribution in [1.29, 1.82) is 0 Å². The van der Waals surface area contributed by atoms with Crippen LogP contribution in [0.4, 0.5) is 16.2 Å². The first-order valence-electron chi connectivity index (χ1n) is 20.1. The largest absolute Gasteiger partial charge is 0.497 e. The molecule has 0 saturated carbocycles. The van der Waals surface area contributed by atoms with Crippen LogP contribution in [-0.2, 0) is 34.3 Å². The van der Waals surface area contributed by atoms with Gasteiger partial charge in [0.2, 0.25) is 0 Å². The molecule has 14 nitrogen and oxygen atoms in total. The molecule has 2 aromatic heterocycles. The van der Waals surface area contributed by atoms with Crippen LogP contribution in [0.25, 0.3) is 33.4 Å². The van der Waals surface area contributed by atoms with E-state index in [1.54, 1.807) is 54.4 Å². The van der Waals surface area contributed by atoms with Gasteiger partial charge in [0, 0.05) is 54.2 Å². The Bertz CT molecular complexity index is 2660. The molecule has 314 valence electrons. The molecular weight excluding hydrogens is 793 g/mol. The average Bonchev–Trinajstić information content (AvgIpc) is 3.67. The Morgan fingerprint density at radius 3 is 2.25 bits per heavy atom. The van der Waals surface area contributed by atoms with Crippen LogP contribution in [0.5, 0.6) is 5.75 Å². The van der Waals surface area contributed by atoms with Crippen molar-refractivity contribution < 1.29 is 27.5 Å². The van der Waals surface area contributed by atoms with Crippen LogP contribution >= 0.6 is 0 Å². The normalized spacial score (nSPS) is 14.8. The van der Waals surface area contributed by atoms with Gasteiger partial charge in [-0.15, -0.1) is 0 Å². The van der Waals surface area contributed by atoms with Crippen molar-refractivity contribution >= 4 is 50.1 Å². The minimum absolute atomic E-state index is 0.216. The molecule has 4 heterocycles. The van der Waals surface area contributed by atoms with Crippen molar-refractivity contribution in [1.82, 2.24) is 31.0 Å². The summed E-state index contributed by atoms with van der Waals surface area (Å²) < 4.78 is 29.7. The summed E-state index contributed by atoms with van der Waals surface area (Å²) in [4.78, 5) is 53.3. The lowest BCUT2D eigenvalue weighted by Crippen LogP contribution is -2.45. The number of rotatable bonds is 13. The number of piperidine rings is 1. The lowest BCUT2D eigenvalue weighted by Gasteiger charge is -2.35. The molecule has 2 aliphatic rings. The number of fused-ring (bicyclic) bond motifs is 3. The minimum Gasteiger partial charge on any atom is -0.497 e. The highest BCUT2D eigenvalue weighted by Crippen LogP contribution is 2.44. The predicted molar refractivity (Wildman–Crippen MR) is 237 cm³/mol. The van der Waals surface area contributed by atoms with Crippen LogP contribution in [0.3, 0.4) is 0 Å². The fraction of sp³-hybridized carbons (Fsp3) is 0.261. The number of methoxy groups -OCH3 is 1. The van der Waals surface area contributed by atoms with Crippen molar-refractivity contribution in [2.75, 3.05) is 49.8 Å². The van der Waals surface area contributed by atoms with E-state index in [2.05, 4.69) is 50.3 Å². The maximum atomic E-state index is 13.9. The van der Waals surface area contributed by atoms with Crippen molar-refractivity contribution in [3.05, 3.63) is 132 Å². The quantitative estimate of drug-likeness (QED) is 0.101. The Labute approximate surface area is 354 Å². The summed E-state index contributed by atoms with van der Waals surface area (Å²) in [5, 5.41) is 3.26. The highest BCUT2D eigenvalue weighted by atomic mass is 32.2. The average molecular weight is 841 g/mol. The monoisotopic (exact) mass is 840 g/mol. The van der Waals surface area contributed by atoms with Crippen molar-refractivity contribution in [3.63, 3.8) is 0 Å². The molecule has 6 aromatic rings. The fourth-order valence-electron chi connectivity index (χ4n) is 8.10. The van der Waals surface area contributed by atoms with Gasteiger partial charge in [-0.3, -0.25) is 29.7 Å². The first-order valence-corrected chi connectivity index (χ1v) is 22.1. The number of benzene rings is 4. The summed E-state index contributed by atoms with van der Waals surface area (Å²) in [7, 11) is 0.325. The predicted octanol–water partition coefficient (Wildman–Crippen LogP) is 6.04. The molecule has 1 fully saturated rings. The Balaban J connectivity index is 1.03. The van der Waals surface area contributed by atoms with Crippen LogP contribution in [0, 0.1) is 0 Å². The lowest BCUT2D eigenvalue weighted by atomic mass is 9.94. The number of likely N-dealkylation sites (tertiary alicyclic amines) is 1. The lowest BCUT2D eigenvalue weighted by molar-refractivity contribution is -0.121. The van der Waals surface area contributed by atoms with Gasteiger partial charge in [-0.1, -0.05) is 66.7 Å². The zero-order chi connectivity index (χ0) is 42.7. The number of carbonyl (C=O) groups excluding carboxylic acids is 3. The van der Waals surface area contributed by atoms with Crippen LogP contribution in [0.2, 0.25) is 0 Å². The maximum Gasteiger partial charge on any atom is 0.329 e. The van der Waals surface area contributed by atoms with Gasteiger partial charge in [-0.25, -0.2) is 23.6 Å². The summed E-state index contributed by atoms with van der Waals surface area (Å²) in [6.07, 6.45) is 4.34. The van der Waals surface area contributed by atoms with E-state index in [1.165, 1.54) is 6.26 Å². The number of aromatic nitrogens is 2. The molecule has 2 aliphatic heterocycles. The topological polar surface area (TPSA) is 169 Å². The number of hydrogen-bond acceptors (Lipinski definition) is 9. The molecule has 4 N–H and O–H groups in total. The van der Waals surface area contributed by atoms with Gasteiger partial charge in [0.05, 0.1) is 43.0 Å². The standard InChI is InChI=1S/C46H48N8O6S/c1-52-39-26-47-44-42(38(39)29-54(46(52)57)35-17-13-34(14-18-35)45(56)48-27-40(55)51-49-25-30-7-5-4-6-8-30)41(32-15-19-36(60-2)20-16-32)43(50-44)33-11-9-31(10-12-33)28-53-23-21-37(22-24-53)61(3,58)59/h4-20,26,37,49H,21-25,27-29H2,1-3H3,(H,47,50)(H,48,56)(H,51,55). The molecule has 1 saturated heterocycles. The summed E-state index contributed by atoms with van der Waals surface area (Å²) >= 11 is 0. The number of aromatic amines is 1. The number of urea groups is 1. The minimum atomic E-state index is -3.04. The van der Waals surface area contributed by atoms with Crippen molar-refractivity contribution in [2.45, 2.75) is 37.7 Å². The van der Waals surface area contributed by atoms with Gasteiger partial charge in [0.1, 0.15) is 21.2 Å². The molecule has 0 bridgehead atoms. The smallest absolute Gasteiger partial charge is 0.329 e. The number of ether oxygens (including phenoxy) is 1. The second-order valence-corrected chi connectivity index (χ2v) is 17.8. The number of pyridine rings is 1. The molecule has 0 aliphatic carbocycles. The molecule has 4 amide bonds. The SMILES string of the molecule is COc1ccc(-c2c(-c3ccc(CN4CCC(S(C)(=O)=O)CC4)cc3)[nH]c3ncc4c(c23)CN(c2ccc(C(=O)NCC(=O)NNCc3ccccc3)cc2)C(=O)N4C)cc1. The number of nitrogens with one attached hydrogen (secondary N) is 4. The number of amides is 4. The number of nitrogens with zero attached hydrogens (tertiary/aromatic N) is 4. The number of hydrogen-bond donors (Lipinski definition) is 4. The van der Waals surface area contributed by atoms with Crippen LogP contribution in [0.1, 0.15) is 39.9 Å². The van der Waals surface area contributed by atoms with Crippen molar-refractivity contribution in [2.24, 2.45) is 0 Å². The molecule has 0 spiro atoms. The number of anilines is 2. The van der Waals surface area contributed by atoms with Crippen LogP contribution in [-0.4, -0.2) is 86.4 Å². The molecule has 0 atom stereocenters. The van der Waals surface area contributed by atoms with E-state index in [0.29, 0.717) is 42.0 Å². The van der Waals surface area contributed by atoms with E-state index in [1.807, 2.05) is 54.6 Å². The zero-order valence-electron chi connectivity index (χ0n) is 34.3. The molecule has 0 radical (unpaired) electrons. The maximum absolute atomic E-state index is 13.9. The molecule has 8 rings (SSSR count). The first kappa shape index (κ1) is 41.2. The molecule has 4 aromatic carbocycles. The number of sulfone groups is 1. The fourth-order valence-corrected chi connectivity index (χ4v) is 9.17. The summed E-state index contributed by atoms with van der Waals surface area (Å²) in [5.41, 5.74) is 14.5. The van der Waals surface area contributed by atoms with Crippen LogP contribution in [0.15, 0.2) is 109 Å².